The van der Waals surface area contributed by atoms with Crippen LogP contribution in [0.15, 0.2) is 36.7 Å². The van der Waals surface area contributed by atoms with Crippen molar-refractivity contribution in [2.24, 2.45) is 5.73 Å². The predicted octanol–water partition coefficient (Wildman–Crippen LogP) is 2.49. The summed E-state index contributed by atoms with van der Waals surface area (Å²) >= 11 is 0. The fourth-order valence-corrected chi connectivity index (χ4v) is 1.48. The van der Waals surface area contributed by atoms with E-state index in [1.165, 1.54) is 18.3 Å². The Morgan fingerprint density at radius 1 is 1.12 bits per heavy atom. The van der Waals surface area contributed by atoms with Crippen LogP contribution in [0.3, 0.4) is 0 Å². The molecule has 0 aliphatic heterocycles. The number of benzene rings is 1. The Morgan fingerprint density at radius 3 is 2.62 bits per heavy atom. The maximum absolute atomic E-state index is 13.5. The molecule has 0 radical (unpaired) electrons. The van der Waals surface area contributed by atoms with Crippen LogP contribution in [0.4, 0.5) is 8.78 Å². The summed E-state index contributed by atoms with van der Waals surface area (Å²) < 4.78 is 26.5. The first-order valence-corrected chi connectivity index (χ1v) is 4.80. The molecule has 0 saturated heterocycles. The van der Waals surface area contributed by atoms with Crippen LogP contribution in [-0.4, -0.2) is 4.98 Å². The third kappa shape index (κ3) is 2.06. The highest BCUT2D eigenvalue weighted by Gasteiger charge is 2.07. The predicted molar refractivity (Wildman–Crippen MR) is 57.5 cm³/mol. The summed E-state index contributed by atoms with van der Waals surface area (Å²) in [5.41, 5.74) is 6.98. The minimum absolute atomic E-state index is 0.315. The van der Waals surface area contributed by atoms with Crippen molar-refractivity contribution in [3.8, 4) is 11.1 Å². The molecule has 4 heteroatoms. The number of nitrogens with two attached hydrogens (primary N) is 1. The molecule has 0 aliphatic rings. The standard InChI is InChI=1S/C12H10F2N2/c13-10-4-9(6-16-7-10)11-3-8(5-15)1-2-12(11)14/h1-4,6-7H,5,15H2. The molecule has 82 valence electrons. The number of pyridine rings is 1. The van der Waals surface area contributed by atoms with Crippen LogP contribution in [0.25, 0.3) is 11.1 Å². The number of hydrogen-bond donors (Lipinski definition) is 1. The van der Waals surface area contributed by atoms with Gasteiger partial charge < -0.3 is 5.73 Å². The number of aromatic nitrogens is 1. The summed E-state index contributed by atoms with van der Waals surface area (Å²) in [7, 11) is 0. The lowest BCUT2D eigenvalue weighted by Crippen LogP contribution is -1.97. The number of rotatable bonds is 2. The molecule has 2 rings (SSSR count). The maximum atomic E-state index is 13.5. The first-order chi connectivity index (χ1) is 7.70. The zero-order valence-corrected chi connectivity index (χ0v) is 8.45. The van der Waals surface area contributed by atoms with Crippen molar-refractivity contribution in [1.29, 1.82) is 0 Å². The second-order valence-corrected chi connectivity index (χ2v) is 3.41. The third-order valence-corrected chi connectivity index (χ3v) is 2.28. The van der Waals surface area contributed by atoms with Gasteiger partial charge in [-0.1, -0.05) is 6.07 Å². The smallest absolute Gasteiger partial charge is 0.142 e. The second-order valence-electron chi connectivity index (χ2n) is 3.41. The van der Waals surface area contributed by atoms with Crippen LogP contribution in [-0.2, 0) is 6.54 Å². The minimum atomic E-state index is -0.491. The van der Waals surface area contributed by atoms with Crippen molar-refractivity contribution in [3.63, 3.8) is 0 Å². The van der Waals surface area contributed by atoms with Gasteiger partial charge in [0.25, 0.3) is 0 Å². The van der Waals surface area contributed by atoms with Gasteiger partial charge in [0.15, 0.2) is 0 Å². The first kappa shape index (κ1) is 10.7. The molecule has 2 N–H and O–H groups in total. The lowest BCUT2D eigenvalue weighted by molar-refractivity contribution is 0.619. The molecule has 0 atom stereocenters. The van der Waals surface area contributed by atoms with Gasteiger partial charge in [-0.15, -0.1) is 0 Å². The molecule has 0 aliphatic carbocycles. The Kier molecular flexibility index (Phi) is 2.92. The van der Waals surface area contributed by atoms with E-state index < -0.39 is 11.6 Å². The monoisotopic (exact) mass is 220 g/mol. The Morgan fingerprint density at radius 2 is 1.94 bits per heavy atom. The summed E-state index contributed by atoms with van der Waals surface area (Å²) in [6, 6.07) is 5.77. The molecule has 1 aromatic carbocycles. The fourth-order valence-electron chi connectivity index (χ4n) is 1.48. The van der Waals surface area contributed by atoms with Crippen molar-refractivity contribution in [3.05, 3.63) is 53.9 Å². The Hall–Kier alpha value is -1.81. The molecule has 0 saturated carbocycles. The van der Waals surface area contributed by atoms with Gasteiger partial charge in [-0.3, -0.25) is 4.98 Å². The summed E-state index contributed by atoms with van der Waals surface area (Å²) in [4.78, 5) is 3.68. The molecule has 1 aromatic heterocycles. The topological polar surface area (TPSA) is 38.9 Å². The van der Waals surface area contributed by atoms with Crippen molar-refractivity contribution in [2.75, 3.05) is 0 Å². The van der Waals surface area contributed by atoms with Crippen molar-refractivity contribution >= 4 is 0 Å². The van der Waals surface area contributed by atoms with Crippen LogP contribution in [0.1, 0.15) is 5.56 Å². The molecule has 0 unspecified atom stereocenters. The molecule has 0 spiro atoms. The molecular formula is C12H10F2N2. The highest BCUT2D eigenvalue weighted by atomic mass is 19.1. The van der Waals surface area contributed by atoms with Gasteiger partial charge in [0.05, 0.1) is 6.20 Å². The van der Waals surface area contributed by atoms with E-state index in [1.807, 2.05) is 0 Å². The van der Waals surface area contributed by atoms with E-state index >= 15 is 0 Å². The minimum Gasteiger partial charge on any atom is -0.326 e. The maximum Gasteiger partial charge on any atom is 0.142 e. The molecule has 16 heavy (non-hydrogen) atoms. The van der Waals surface area contributed by atoms with Gasteiger partial charge in [0.1, 0.15) is 11.6 Å². The van der Waals surface area contributed by atoms with Crippen LogP contribution < -0.4 is 5.73 Å². The largest absolute Gasteiger partial charge is 0.326 e. The summed E-state index contributed by atoms with van der Waals surface area (Å²) in [5, 5.41) is 0. The van der Waals surface area contributed by atoms with Crippen molar-refractivity contribution < 1.29 is 8.78 Å². The van der Waals surface area contributed by atoms with E-state index in [1.54, 1.807) is 12.1 Å². The van der Waals surface area contributed by atoms with Crippen LogP contribution >= 0.6 is 0 Å². The third-order valence-electron chi connectivity index (χ3n) is 2.28. The Labute approximate surface area is 91.7 Å². The normalized spacial score (nSPS) is 10.4. The first-order valence-electron chi connectivity index (χ1n) is 4.80. The van der Waals surface area contributed by atoms with Crippen molar-refractivity contribution in [1.82, 2.24) is 4.98 Å². The summed E-state index contributed by atoms with van der Waals surface area (Å²) in [6.07, 6.45) is 2.50. The summed E-state index contributed by atoms with van der Waals surface area (Å²) in [5.74, 6) is -0.903. The zero-order valence-electron chi connectivity index (χ0n) is 8.45. The van der Waals surface area contributed by atoms with E-state index in [2.05, 4.69) is 4.98 Å². The fraction of sp³-hybridized carbons (Fsp3) is 0.0833. The average molecular weight is 220 g/mol. The SMILES string of the molecule is NCc1ccc(F)c(-c2cncc(F)c2)c1. The van der Waals surface area contributed by atoms with Gasteiger partial charge in [0.2, 0.25) is 0 Å². The molecule has 2 nitrogen and oxygen atoms in total. The molecule has 0 fully saturated rings. The molecule has 0 bridgehead atoms. The summed E-state index contributed by atoms with van der Waals surface area (Å²) in [6.45, 7) is 0.316. The van der Waals surface area contributed by atoms with Gasteiger partial charge in [-0.25, -0.2) is 8.78 Å². The van der Waals surface area contributed by atoms with E-state index in [0.717, 1.165) is 11.8 Å². The highest BCUT2D eigenvalue weighted by Crippen LogP contribution is 2.23. The van der Waals surface area contributed by atoms with Gasteiger partial charge >= 0.3 is 0 Å². The lowest BCUT2D eigenvalue weighted by atomic mass is 10.0. The van der Waals surface area contributed by atoms with Crippen molar-refractivity contribution in [2.45, 2.75) is 6.54 Å². The quantitative estimate of drug-likeness (QED) is 0.844. The molecule has 0 amide bonds. The van der Waals surface area contributed by atoms with E-state index in [0.29, 0.717) is 17.7 Å². The number of halogens is 2. The van der Waals surface area contributed by atoms with Gasteiger partial charge in [0, 0.05) is 23.9 Å². The van der Waals surface area contributed by atoms with E-state index in [9.17, 15) is 8.78 Å². The Bertz CT molecular complexity index is 512. The molecule has 1 heterocycles. The second kappa shape index (κ2) is 4.37. The zero-order chi connectivity index (χ0) is 11.5. The molecule has 2 aromatic rings. The molecular weight excluding hydrogens is 210 g/mol. The van der Waals surface area contributed by atoms with Gasteiger partial charge in [-0.2, -0.15) is 0 Å². The number of hydrogen-bond acceptors (Lipinski definition) is 2. The Balaban J connectivity index is 2.54. The van der Waals surface area contributed by atoms with Crippen LogP contribution in [0.2, 0.25) is 0 Å². The average Bonchev–Trinajstić information content (AvgIpc) is 2.30. The number of nitrogens with zero attached hydrogens (tertiary/aromatic N) is 1. The highest BCUT2D eigenvalue weighted by molar-refractivity contribution is 5.63. The lowest BCUT2D eigenvalue weighted by Gasteiger charge is -2.05. The van der Waals surface area contributed by atoms with Crippen LogP contribution in [0, 0.1) is 11.6 Å². The van der Waals surface area contributed by atoms with Crippen LogP contribution in [0.5, 0.6) is 0 Å². The van der Waals surface area contributed by atoms with Gasteiger partial charge in [-0.05, 0) is 23.8 Å². The van der Waals surface area contributed by atoms with E-state index in [4.69, 9.17) is 5.73 Å². The van der Waals surface area contributed by atoms with E-state index in [-0.39, 0.29) is 0 Å².